The van der Waals surface area contributed by atoms with E-state index in [0.717, 1.165) is 22.5 Å². The van der Waals surface area contributed by atoms with Crippen LogP contribution in [-0.4, -0.2) is 27.9 Å². The van der Waals surface area contributed by atoms with Crippen LogP contribution in [0.15, 0.2) is 69.4 Å². The van der Waals surface area contributed by atoms with Gasteiger partial charge in [0.05, 0.1) is 30.1 Å². The fourth-order valence-electron chi connectivity index (χ4n) is 4.48. The molecule has 36 heavy (non-hydrogen) atoms. The van der Waals surface area contributed by atoms with Crippen LogP contribution in [0.5, 0.6) is 5.75 Å². The van der Waals surface area contributed by atoms with Gasteiger partial charge in [-0.3, -0.25) is 4.79 Å². The quantitative estimate of drug-likeness (QED) is 0.281. The Morgan fingerprint density at radius 1 is 1.28 bits per heavy atom. The molecule has 0 aliphatic heterocycles. The average molecular weight is 505 g/mol. The molecule has 8 nitrogen and oxygen atoms in total. The number of anilines is 2. The fourth-order valence-corrected chi connectivity index (χ4v) is 4.62. The van der Waals surface area contributed by atoms with Gasteiger partial charge in [0.15, 0.2) is 0 Å². The molecule has 2 heterocycles. The Balaban J connectivity index is 1.68. The van der Waals surface area contributed by atoms with Gasteiger partial charge in [-0.15, -0.1) is 11.6 Å². The molecule has 0 spiro atoms. The van der Waals surface area contributed by atoms with Crippen molar-refractivity contribution in [2.75, 3.05) is 12.4 Å². The number of amides is 1. The summed E-state index contributed by atoms with van der Waals surface area (Å²) >= 11 is 6.35. The van der Waals surface area contributed by atoms with Crippen LogP contribution in [0.2, 0.25) is 0 Å². The monoisotopic (exact) mass is 504 g/mol. The summed E-state index contributed by atoms with van der Waals surface area (Å²) in [4.78, 5) is 29.1. The van der Waals surface area contributed by atoms with Crippen LogP contribution in [0.1, 0.15) is 22.8 Å². The first-order valence-electron chi connectivity index (χ1n) is 11.5. The van der Waals surface area contributed by atoms with E-state index in [1.165, 1.54) is 0 Å². The van der Waals surface area contributed by atoms with E-state index in [1.807, 2.05) is 47.1 Å². The summed E-state index contributed by atoms with van der Waals surface area (Å²) in [6, 6.07) is 11.1. The Morgan fingerprint density at radius 3 is 2.69 bits per heavy atom. The molecule has 0 bridgehead atoms. The molecule has 184 valence electrons. The molecule has 2 aromatic carbocycles. The van der Waals surface area contributed by atoms with Crippen LogP contribution in [0.25, 0.3) is 22.0 Å². The van der Waals surface area contributed by atoms with E-state index in [1.54, 1.807) is 20.1 Å². The van der Waals surface area contributed by atoms with Crippen LogP contribution in [0, 0.1) is 12.8 Å². The Kier molecular flexibility index (Phi) is 6.05. The molecule has 9 heteroatoms. The van der Waals surface area contributed by atoms with Gasteiger partial charge >= 0.3 is 5.63 Å². The summed E-state index contributed by atoms with van der Waals surface area (Å²) in [5.74, 6) is 0.722. The smallest absolute Gasteiger partial charge is 0.349 e. The lowest BCUT2D eigenvalue weighted by Crippen LogP contribution is -2.22. The molecule has 3 N–H and O–H groups in total. The lowest BCUT2D eigenvalue weighted by Gasteiger charge is -2.19. The minimum absolute atomic E-state index is 0.0502. The van der Waals surface area contributed by atoms with Crippen molar-refractivity contribution in [1.29, 1.82) is 0 Å². The summed E-state index contributed by atoms with van der Waals surface area (Å²) < 4.78 is 12.8. The highest BCUT2D eigenvalue weighted by molar-refractivity contribution is 6.22. The molecule has 0 fully saturated rings. The lowest BCUT2D eigenvalue weighted by molar-refractivity contribution is 0.0996. The van der Waals surface area contributed by atoms with E-state index >= 15 is 0 Å². The maximum atomic E-state index is 12.5. The van der Waals surface area contributed by atoms with Crippen molar-refractivity contribution in [1.82, 2.24) is 9.55 Å². The third-order valence-electron chi connectivity index (χ3n) is 6.44. The number of benzene rings is 2. The van der Waals surface area contributed by atoms with E-state index in [4.69, 9.17) is 31.5 Å². The van der Waals surface area contributed by atoms with Crippen LogP contribution < -0.4 is 21.4 Å². The number of nitrogens with zero attached hydrogens (tertiary/aromatic N) is 2. The zero-order valence-corrected chi connectivity index (χ0v) is 20.8. The first-order chi connectivity index (χ1) is 17.2. The van der Waals surface area contributed by atoms with Gasteiger partial charge in [-0.25, -0.2) is 9.78 Å². The molecule has 4 aromatic rings. The van der Waals surface area contributed by atoms with Gasteiger partial charge in [0.1, 0.15) is 16.9 Å². The predicted octanol–water partition coefficient (Wildman–Crippen LogP) is 5.04. The number of rotatable bonds is 6. The Bertz CT molecular complexity index is 1620. The number of nitrogens with one attached hydrogen (secondary N) is 1. The first kappa shape index (κ1) is 23.7. The summed E-state index contributed by atoms with van der Waals surface area (Å²) in [7, 11) is 1.62. The van der Waals surface area contributed by atoms with Crippen molar-refractivity contribution < 1.29 is 13.9 Å². The maximum absolute atomic E-state index is 12.5. The Hall–Kier alpha value is -4.04. The number of primary amides is 1. The van der Waals surface area contributed by atoms with Gasteiger partial charge in [-0.2, -0.15) is 0 Å². The minimum atomic E-state index is -0.821. The second-order valence-electron chi connectivity index (χ2n) is 8.87. The summed E-state index contributed by atoms with van der Waals surface area (Å²) in [6.07, 6.45) is 6.15. The van der Waals surface area contributed by atoms with Gasteiger partial charge in [-0.1, -0.05) is 25.2 Å². The molecule has 2 atom stereocenters. The Morgan fingerprint density at radius 2 is 2.03 bits per heavy atom. The number of carbonyl (C=O) groups excluding carboxylic acids is 1. The van der Waals surface area contributed by atoms with Crippen LogP contribution in [0.4, 0.5) is 11.6 Å². The van der Waals surface area contributed by atoms with Crippen LogP contribution >= 0.6 is 11.6 Å². The molecule has 2 unspecified atom stereocenters. The van der Waals surface area contributed by atoms with Crippen LogP contribution in [0.3, 0.4) is 0 Å². The van der Waals surface area contributed by atoms with Gasteiger partial charge in [0, 0.05) is 17.1 Å². The number of halogens is 1. The molecule has 0 saturated heterocycles. The van der Waals surface area contributed by atoms with E-state index in [0.29, 0.717) is 34.5 Å². The normalized spacial score (nSPS) is 17.4. The van der Waals surface area contributed by atoms with E-state index in [9.17, 15) is 9.59 Å². The van der Waals surface area contributed by atoms with Crippen LogP contribution in [-0.2, 0) is 6.54 Å². The number of hydrogen-bond acceptors (Lipinski definition) is 6. The van der Waals surface area contributed by atoms with Crippen molar-refractivity contribution in [2.24, 2.45) is 11.7 Å². The SMILES string of the molecule is COc1ccc(Nc2nc3cc4c(C)c(C(N)=O)c(=O)oc4cc3n2CC2=CC(C)C(Cl)C=C2)cc1. The molecule has 2 aromatic heterocycles. The molecule has 1 amide bonds. The van der Waals surface area contributed by atoms with Crippen molar-refractivity contribution in [3.05, 3.63) is 81.7 Å². The number of allylic oxidation sites excluding steroid dienone is 4. The number of nitrogens with two attached hydrogens (primary N) is 1. The molecular formula is C27H25ClN4O4. The van der Waals surface area contributed by atoms with Gasteiger partial charge < -0.3 is 24.8 Å². The first-order valence-corrected chi connectivity index (χ1v) is 11.9. The molecule has 1 aliphatic carbocycles. The Labute approximate surface area is 212 Å². The minimum Gasteiger partial charge on any atom is -0.497 e. The van der Waals surface area contributed by atoms with Crippen molar-refractivity contribution in [2.45, 2.75) is 25.8 Å². The average Bonchev–Trinajstić information content (AvgIpc) is 3.16. The zero-order valence-electron chi connectivity index (χ0n) is 20.0. The van der Waals surface area contributed by atoms with Crippen molar-refractivity contribution in [3.63, 3.8) is 0 Å². The summed E-state index contributed by atoms with van der Waals surface area (Å²) in [6.45, 7) is 4.28. The standard InChI is InChI=1S/C27H25ClN4O4/c1-14-10-16(4-9-20(14)28)13-32-22-12-23-19(15(2)24(25(29)33)26(34)36-23)11-21(22)31-27(32)30-17-5-7-18(35-3)8-6-17/h4-12,14,20H,13H2,1-3H3,(H2,29,33)(H,30,31). The highest BCUT2D eigenvalue weighted by Crippen LogP contribution is 2.31. The number of methoxy groups -OCH3 is 1. The number of imidazole rings is 1. The summed E-state index contributed by atoms with van der Waals surface area (Å²) in [5, 5.41) is 3.94. The number of ether oxygens (including phenoxy) is 1. The van der Waals surface area contributed by atoms with Crippen molar-refractivity contribution in [3.8, 4) is 5.75 Å². The largest absolute Gasteiger partial charge is 0.497 e. The third kappa shape index (κ3) is 4.24. The van der Waals surface area contributed by atoms with Gasteiger partial charge in [-0.05, 0) is 54.3 Å². The molecular weight excluding hydrogens is 480 g/mol. The third-order valence-corrected chi connectivity index (χ3v) is 6.98. The number of carbonyl (C=O) groups is 1. The number of hydrogen-bond donors (Lipinski definition) is 2. The molecule has 0 radical (unpaired) electrons. The highest BCUT2D eigenvalue weighted by atomic mass is 35.5. The van der Waals surface area contributed by atoms with Crippen molar-refractivity contribution >= 4 is 51.1 Å². The number of aryl methyl sites for hydroxylation is 1. The summed E-state index contributed by atoms with van der Waals surface area (Å²) in [5.41, 5.74) is 8.69. The molecule has 1 aliphatic rings. The highest BCUT2D eigenvalue weighted by Gasteiger charge is 2.21. The second kappa shape index (κ2) is 9.20. The van der Waals surface area contributed by atoms with E-state index in [-0.39, 0.29) is 16.9 Å². The topological polar surface area (TPSA) is 112 Å². The number of fused-ring (bicyclic) bond motifs is 2. The number of alkyl halides is 1. The maximum Gasteiger partial charge on any atom is 0.349 e. The molecule has 0 saturated carbocycles. The molecule has 5 rings (SSSR count). The van der Waals surface area contributed by atoms with Gasteiger partial charge in [0.2, 0.25) is 5.95 Å². The van der Waals surface area contributed by atoms with E-state index in [2.05, 4.69) is 18.3 Å². The predicted molar refractivity (Wildman–Crippen MR) is 141 cm³/mol. The van der Waals surface area contributed by atoms with E-state index < -0.39 is 11.5 Å². The number of aromatic nitrogens is 2. The van der Waals surface area contributed by atoms with Gasteiger partial charge in [0.25, 0.3) is 5.91 Å². The fraction of sp³-hybridized carbons (Fsp3) is 0.222. The second-order valence-corrected chi connectivity index (χ2v) is 9.37. The lowest BCUT2D eigenvalue weighted by atomic mass is 9.97. The zero-order chi connectivity index (χ0) is 25.6.